The Labute approximate surface area is 86.9 Å². The van der Waals surface area contributed by atoms with Crippen LogP contribution < -0.4 is 0 Å². The fraction of sp³-hybridized carbons (Fsp3) is 0.700. The van der Waals surface area contributed by atoms with Crippen molar-refractivity contribution in [3.05, 3.63) is 11.8 Å². The Morgan fingerprint density at radius 2 is 2.00 bits per heavy atom. The quantitative estimate of drug-likeness (QED) is 0.568. The van der Waals surface area contributed by atoms with Gasteiger partial charge in [-0.2, -0.15) is 0 Å². The number of allylic oxidation sites excluding steroid dienone is 2. The van der Waals surface area contributed by atoms with Crippen LogP contribution in [0.5, 0.6) is 0 Å². The van der Waals surface area contributed by atoms with Gasteiger partial charge in [0.2, 0.25) is 8.32 Å². The van der Waals surface area contributed by atoms with Crippen molar-refractivity contribution in [1.29, 1.82) is 0 Å². The molecule has 14 heavy (non-hydrogen) atoms. The van der Waals surface area contributed by atoms with Crippen LogP contribution in [0.3, 0.4) is 0 Å². The van der Waals surface area contributed by atoms with Crippen molar-refractivity contribution < 1.29 is 14.3 Å². The van der Waals surface area contributed by atoms with Crippen LogP contribution in [0.25, 0.3) is 0 Å². The molecular formula is C10H20O3Si. The summed E-state index contributed by atoms with van der Waals surface area (Å²) in [6, 6.07) is 0. The highest BCUT2D eigenvalue weighted by molar-refractivity contribution is 6.70. The SMILES string of the molecule is C/C(=C/CC(C)C(=O)O)O[Si](C)(C)C. The zero-order valence-corrected chi connectivity index (χ0v) is 10.6. The van der Waals surface area contributed by atoms with Crippen molar-refractivity contribution in [2.24, 2.45) is 5.92 Å². The molecule has 0 aromatic heterocycles. The van der Waals surface area contributed by atoms with E-state index in [4.69, 9.17) is 9.53 Å². The molecule has 0 aromatic rings. The Bertz CT molecular complexity index is 228. The molecule has 0 radical (unpaired) electrons. The van der Waals surface area contributed by atoms with E-state index in [1.54, 1.807) is 6.92 Å². The first-order valence-corrected chi connectivity index (χ1v) is 8.22. The molecule has 0 aliphatic heterocycles. The van der Waals surface area contributed by atoms with E-state index in [1.165, 1.54) is 0 Å². The van der Waals surface area contributed by atoms with Gasteiger partial charge in [0.25, 0.3) is 0 Å². The van der Waals surface area contributed by atoms with Crippen LogP contribution >= 0.6 is 0 Å². The van der Waals surface area contributed by atoms with E-state index in [-0.39, 0.29) is 5.92 Å². The molecule has 0 bridgehead atoms. The Kier molecular flexibility index (Phi) is 4.91. The Balaban J connectivity index is 4.07. The Morgan fingerprint density at radius 3 is 2.36 bits per heavy atom. The monoisotopic (exact) mass is 216 g/mol. The van der Waals surface area contributed by atoms with Gasteiger partial charge in [0, 0.05) is 0 Å². The number of aliphatic carboxylic acids is 1. The molecule has 0 spiro atoms. The summed E-state index contributed by atoms with van der Waals surface area (Å²) in [5.74, 6) is -0.255. The first-order valence-electron chi connectivity index (χ1n) is 4.81. The number of carbonyl (C=O) groups is 1. The van der Waals surface area contributed by atoms with Gasteiger partial charge in [0.1, 0.15) is 0 Å². The summed E-state index contributed by atoms with van der Waals surface area (Å²) in [6.07, 6.45) is 2.39. The Hall–Kier alpha value is -0.773. The van der Waals surface area contributed by atoms with Crippen molar-refractivity contribution in [3.8, 4) is 0 Å². The van der Waals surface area contributed by atoms with Crippen molar-refractivity contribution in [2.45, 2.75) is 39.9 Å². The van der Waals surface area contributed by atoms with Gasteiger partial charge in [-0.3, -0.25) is 4.79 Å². The van der Waals surface area contributed by atoms with E-state index in [1.807, 2.05) is 13.0 Å². The average molecular weight is 216 g/mol. The second kappa shape index (κ2) is 5.19. The van der Waals surface area contributed by atoms with Crippen molar-refractivity contribution in [3.63, 3.8) is 0 Å². The van der Waals surface area contributed by atoms with Gasteiger partial charge in [-0.15, -0.1) is 0 Å². The Morgan fingerprint density at radius 1 is 1.50 bits per heavy atom. The molecule has 82 valence electrons. The van der Waals surface area contributed by atoms with E-state index in [0.29, 0.717) is 6.42 Å². The highest BCUT2D eigenvalue weighted by Gasteiger charge is 2.16. The molecule has 3 nitrogen and oxygen atoms in total. The van der Waals surface area contributed by atoms with Gasteiger partial charge in [-0.05, 0) is 39.1 Å². The maximum Gasteiger partial charge on any atom is 0.306 e. The topological polar surface area (TPSA) is 46.5 Å². The number of hydrogen-bond donors (Lipinski definition) is 1. The van der Waals surface area contributed by atoms with E-state index >= 15 is 0 Å². The predicted octanol–water partition coefficient (Wildman–Crippen LogP) is 2.85. The summed E-state index contributed by atoms with van der Waals surface area (Å²) in [5, 5.41) is 8.67. The summed E-state index contributed by atoms with van der Waals surface area (Å²) in [6.45, 7) is 9.88. The molecule has 0 saturated carbocycles. The standard InChI is InChI=1S/C10H20O3Si/c1-8(10(11)12)6-7-9(2)13-14(3,4)5/h7-8H,6H2,1-5H3,(H,11,12)/b9-7-. The molecule has 1 atom stereocenters. The van der Waals surface area contributed by atoms with E-state index in [9.17, 15) is 4.79 Å². The third kappa shape index (κ3) is 6.71. The minimum atomic E-state index is -1.54. The molecule has 4 heteroatoms. The van der Waals surface area contributed by atoms with E-state index in [2.05, 4.69) is 19.6 Å². The summed E-state index contributed by atoms with van der Waals surface area (Å²) in [7, 11) is -1.54. The molecule has 0 aromatic carbocycles. The first-order chi connectivity index (χ1) is 6.22. The van der Waals surface area contributed by atoms with Gasteiger partial charge in [0.15, 0.2) is 0 Å². The minimum Gasteiger partial charge on any atom is -0.548 e. The van der Waals surface area contributed by atoms with Gasteiger partial charge < -0.3 is 9.53 Å². The molecular weight excluding hydrogens is 196 g/mol. The van der Waals surface area contributed by atoms with Crippen LogP contribution in [0.15, 0.2) is 11.8 Å². The van der Waals surface area contributed by atoms with E-state index < -0.39 is 14.3 Å². The number of rotatable bonds is 5. The molecule has 0 amide bonds. The van der Waals surface area contributed by atoms with Gasteiger partial charge >= 0.3 is 5.97 Å². The lowest BCUT2D eigenvalue weighted by molar-refractivity contribution is -0.140. The second-order valence-corrected chi connectivity index (χ2v) is 8.93. The van der Waals surface area contributed by atoms with E-state index in [0.717, 1.165) is 5.76 Å². The summed E-state index contributed by atoms with van der Waals surface area (Å²) < 4.78 is 5.67. The third-order valence-electron chi connectivity index (χ3n) is 1.65. The molecule has 0 rings (SSSR count). The summed E-state index contributed by atoms with van der Waals surface area (Å²) >= 11 is 0. The number of carboxylic acid groups (broad SMARTS) is 1. The fourth-order valence-corrected chi connectivity index (χ4v) is 2.02. The van der Waals surface area contributed by atoms with Gasteiger partial charge in [-0.1, -0.05) is 6.92 Å². The lowest BCUT2D eigenvalue weighted by Crippen LogP contribution is -2.24. The smallest absolute Gasteiger partial charge is 0.306 e. The zero-order chi connectivity index (χ0) is 11.4. The van der Waals surface area contributed by atoms with Crippen LogP contribution in [0.2, 0.25) is 19.6 Å². The van der Waals surface area contributed by atoms with Gasteiger partial charge in [0.05, 0.1) is 11.7 Å². The minimum absolute atomic E-state index is 0.338. The van der Waals surface area contributed by atoms with Crippen molar-refractivity contribution in [2.75, 3.05) is 0 Å². The molecule has 0 heterocycles. The highest BCUT2D eigenvalue weighted by Crippen LogP contribution is 2.12. The predicted molar refractivity (Wildman–Crippen MR) is 59.6 cm³/mol. The number of carboxylic acids is 1. The number of hydrogen-bond acceptors (Lipinski definition) is 2. The van der Waals surface area contributed by atoms with Crippen LogP contribution in [0, 0.1) is 5.92 Å². The zero-order valence-electron chi connectivity index (χ0n) is 9.63. The first kappa shape index (κ1) is 13.2. The fourth-order valence-electron chi connectivity index (χ4n) is 0.968. The molecule has 0 aliphatic carbocycles. The van der Waals surface area contributed by atoms with Crippen LogP contribution in [0.1, 0.15) is 20.3 Å². The molecule has 0 aliphatic rings. The maximum atomic E-state index is 10.5. The molecule has 0 saturated heterocycles. The lowest BCUT2D eigenvalue weighted by Gasteiger charge is -2.19. The van der Waals surface area contributed by atoms with Gasteiger partial charge in [-0.25, -0.2) is 0 Å². The highest BCUT2D eigenvalue weighted by atomic mass is 28.4. The van der Waals surface area contributed by atoms with Crippen molar-refractivity contribution in [1.82, 2.24) is 0 Å². The average Bonchev–Trinajstić information content (AvgIpc) is 1.96. The normalized spacial score (nSPS) is 15.1. The largest absolute Gasteiger partial charge is 0.548 e. The summed E-state index contributed by atoms with van der Waals surface area (Å²) in [5.41, 5.74) is 0. The second-order valence-electron chi connectivity index (χ2n) is 4.50. The summed E-state index contributed by atoms with van der Waals surface area (Å²) in [4.78, 5) is 10.5. The molecule has 1 unspecified atom stereocenters. The van der Waals surface area contributed by atoms with Crippen LogP contribution in [-0.4, -0.2) is 19.4 Å². The molecule has 0 fully saturated rings. The maximum absolute atomic E-state index is 10.5. The molecule has 1 N–H and O–H groups in total. The van der Waals surface area contributed by atoms with Crippen LogP contribution in [0.4, 0.5) is 0 Å². The lowest BCUT2D eigenvalue weighted by atomic mass is 10.1. The van der Waals surface area contributed by atoms with Crippen LogP contribution in [-0.2, 0) is 9.22 Å². The third-order valence-corrected chi connectivity index (χ3v) is 2.58. The van der Waals surface area contributed by atoms with Crippen molar-refractivity contribution >= 4 is 14.3 Å².